The van der Waals surface area contributed by atoms with Crippen molar-refractivity contribution in [1.29, 1.82) is 0 Å². The first-order valence-corrected chi connectivity index (χ1v) is 5.12. The van der Waals surface area contributed by atoms with Crippen molar-refractivity contribution in [1.82, 2.24) is 14.8 Å². The third kappa shape index (κ3) is 2.54. The smallest absolute Gasteiger partial charge is 0.156 e. The molecule has 0 radical (unpaired) electrons. The molecule has 5 heteroatoms. The van der Waals surface area contributed by atoms with Crippen molar-refractivity contribution in [3.8, 4) is 0 Å². The maximum absolute atomic E-state index is 4.51. The van der Waals surface area contributed by atoms with Gasteiger partial charge >= 0.3 is 0 Å². The molecule has 1 aliphatic rings. The third-order valence-electron chi connectivity index (χ3n) is 2.46. The zero-order valence-corrected chi connectivity index (χ0v) is 9.96. The van der Waals surface area contributed by atoms with Gasteiger partial charge in [0.25, 0.3) is 0 Å². The van der Waals surface area contributed by atoms with Gasteiger partial charge in [0.05, 0.1) is 13.0 Å². The second-order valence-electron chi connectivity index (χ2n) is 3.58. The number of fused-ring (bicyclic) bond motifs is 1. The van der Waals surface area contributed by atoms with Crippen LogP contribution in [0, 0.1) is 0 Å². The average Bonchev–Trinajstić information content (AvgIpc) is 2.37. The molecule has 2 heterocycles. The van der Waals surface area contributed by atoms with Crippen molar-refractivity contribution < 1.29 is 22.7 Å². The minimum atomic E-state index is 0. The lowest BCUT2D eigenvalue weighted by Gasteiger charge is -1.97. The van der Waals surface area contributed by atoms with E-state index in [1.165, 1.54) is 25.1 Å². The summed E-state index contributed by atoms with van der Waals surface area (Å²) in [7, 11) is 0. The van der Waals surface area contributed by atoms with Crippen LogP contribution >= 0.6 is 0 Å². The highest BCUT2D eigenvalue weighted by Gasteiger charge is 2.11. The van der Waals surface area contributed by atoms with Gasteiger partial charge in [-0.05, 0) is 12.8 Å². The molecule has 0 unspecified atom stereocenters. The summed E-state index contributed by atoms with van der Waals surface area (Å²) in [6.45, 7) is 1.95. The summed E-state index contributed by atoms with van der Waals surface area (Å²) in [4.78, 5) is 4.51. The van der Waals surface area contributed by atoms with Gasteiger partial charge < -0.3 is 22.7 Å². The molecule has 0 amide bonds. The number of aryl methyl sites for hydroxylation is 2. The van der Waals surface area contributed by atoms with E-state index >= 15 is 0 Å². The maximum Gasteiger partial charge on any atom is 0.156 e. The van der Waals surface area contributed by atoms with Crippen LogP contribution in [0.5, 0.6) is 0 Å². The molecule has 3 N–H and O–H groups in total. The lowest BCUT2D eigenvalue weighted by molar-refractivity contribution is -0.366. The van der Waals surface area contributed by atoms with E-state index in [1.54, 1.807) is 0 Å². The Kier molecular flexibility index (Phi) is 4.54. The van der Waals surface area contributed by atoms with Gasteiger partial charge in [-0.15, -0.1) is 0 Å². The molecule has 0 saturated carbocycles. The normalized spacial score (nSPS) is 15.5. The summed E-state index contributed by atoms with van der Waals surface area (Å²) in [6.07, 6.45) is 5.85. The molecule has 0 aromatic carbocycles. The van der Waals surface area contributed by atoms with Gasteiger partial charge in [0.2, 0.25) is 0 Å². The highest BCUT2D eigenvalue weighted by atomic mass is 79.9. The summed E-state index contributed by atoms with van der Waals surface area (Å²) in [5.41, 5.74) is 3.82. The number of aromatic nitrogens is 3. The topological polar surface area (TPSA) is 58.4 Å². The first-order valence-electron chi connectivity index (χ1n) is 5.12. The van der Waals surface area contributed by atoms with Crippen molar-refractivity contribution in [2.75, 3.05) is 6.54 Å². The van der Waals surface area contributed by atoms with E-state index in [9.17, 15) is 0 Å². The zero-order valence-electron chi connectivity index (χ0n) is 8.38. The summed E-state index contributed by atoms with van der Waals surface area (Å²) in [6, 6.07) is 0. The Morgan fingerprint density at radius 3 is 2.93 bits per heavy atom. The van der Waals surface area contributed by atoms with Gasteiger partial charge in [-0.1, -0.05) is 6.42 Å². The largest absolute Gasteiger partial charge is 1.00 e. The van der Waals surface area contributed by atoms with Crippen LogP contribution in [0.15, 0.2) is 0 Å². The van der Waals surface area contributed by atoms with Crippen LogP contribution in [0.2, 0.25) is 0 Å². The van der Waals surface area contributed by atoms with Gasteiger partial charge in [-0.2, -0.15) is 5.10 Å². The Morgan fingerprint density at radius 1 is 1.29 bits per heavy atom. The highest BCUT2D eigenvalue weighted by molar-refractivity contribution is 4.94. The average molecular weight is 261 g/mol. The van der Waals surface area contributed by atoms with E-state index in [2.05, 4.69) is 20.5 Å². The number of quaternary nitrogens is 1. The Bertz CT molecular complexity index is 261. The van der Waals surface area contributed by atoms with E-state index in [4.69, 9.17) is 0 Å². The van der Waals surface area contributed by atoms with Crippen LogP contribution in [0.4, 0.5) is 0 Å². The minimum Gasteiger partial charge on any atom is -1.00 e. The zero-order chi connectivity index (χ0) is 9.10. The van der Waals surface area contributed by atoms with Crippen molar-refractivity contribution >= 4 is 0 Å². The van der Waals surface area contributed by atoms with Crippen LogP contribution in [0.1, 0.15) is 30.9 Å². The van der Waals surface area contributed by atoms with Crippen LogP contribution < -0.4 is 22.7 Å². The molecule has 0 atom stereocenters. The maximum atomic E-state index is 4.51. The van der Waals surface area contributed by atoms with Gasteiger partial charge in [0.15, 0.2) is 5.82 Å². The van der Waals surface area contributed by atoms with E-state index in [0.717, 1.165) is 31.8 Å². The fourth-order valence-electron chi connectivity index (χ4n) is 1.78. The standard InChI is InChI=1S/C9H16N4.BrH/c10-6-5-8-11-9-4-2-1-3-7-13(9)12-8;/h1-7,10H2;1H. The summed E-state index contributed by atoms with van der Waals surface area (Å²) < 4.78 is 2.08. The summed E-state index contributed by atoms with van der Waals surface area (Å²) >= 11 is 0. The van der Waals surface area contributed by atoms with Gasteiger partial charge in [0.1, 0.15) is 5.82 Å². The highest BCUT2D eigenvalue weighted by Crippen LogP contribution is 2.12. The minimum absolute atomic E-state index is 0. The molecule has 1 aromatic rings. The van der Waals surface area contributed by atoms with Crippen molar-refractivity contribution in [3.63, 3.8) is 0 Å². The Morgan fingerprint density at radius 2 is 2.14 bits per heavy atom. The predicted octanol–water partition coefficient (Wildman–Crippen LogP) is -3.21. The van der Waals surface area contributed by atoms with Gasteiger partial charge in [-0.3, -0.25) is 0 Å². The monoisotopic (exact) mass is 260 g/mol. The molecule has 0 aliphatic carbocycles. The third-order valence-corrected chi connectivity index (χ3v) is 2.46. The van der Waals surface area contributed by atoms with E-state index in [-0.39, 0.29) is 17.0 Å². The molecular weight excluding hydrogens is 244 g/mol. The second kappa shape index (κ2) is 5.46. The first-order chi connectivity index (χ1) is 6.40. The van der Waals surface area contributed by atoms with Crippen molar-refractivity contribution in [2.24, 2.45) is 0 Å². The molecule has 0 saturated heterocycles. The van der Waals surface area contributed by atoms with Crippen molar-refractivity contribution in [3.05, 3.63) is 11.6 Å². The number of nitrogens with zero attached hydrogens (tertiary/aromatic N) is 3. The SMILES string of the molecule is [Br-].[NH3+]CCc1nc2n(n1)CCCCC2. The Hall–Kier alpha value is -0.420. The second-order valence-corrected chi connectivity index (χ2v) is 3.58. The molecule has 0 bridgehead atoms. The molecule has 2 rings (SSSR count). The molecule has 14 heavy (non-hydrogen) atoms. The molecule has 1 aromatic heterocycles. The number of hydrogen-bond donors (Lipinski definition) is 1. The summed E-state index contributed by atoms with van der Waals surface area (Å²) in [5.74, 6) is 2.16. The lowest BCUT2D eigenvalue weighted by Crippen LogP contribution is -3.00. The van der Waals surface area contributed by atoms with Crippen molar-refractivity contribution in [2.45, 2.75) is 38.6 Å². The molecule has 4 nitrogen and oxygen atoms in total. The lowest BCUT2D eigenvalue weighted by atomic mass is 10.2. The quantitative estimate of drug-likeness (QED) is 0.609. The number of hydrogen-bond acceptors (Lipinski definition) is 2. The Labute approximate surface area is 94.7 Å². The molecule has 0 fully saturated rings. The van der Waals surface area contributed by atoms with Crippen LogP contribution in [-0.2, 0) is 19.4 Å². The molecule has 80 valence electrons. The number of halogens is 1. The van der Waals surface area contributed by atoms with Crippen LogP contribution in [0.3, 0.4) is 0 Å². The van der Waals surface area contributed by atoms with Gasteiger partial charge in [0, 0.05) is 13.0 Å². The summed E-state index contributed by atoms with van der Waals surface area (Å²) in [5, 5.41) is 4.47. The van der Waals surface area contributed by atoms with E-state index in [0.29, 0.717) is 0 Å². The fraction of sp³-hybridized carbons (Fsp3) is 0.778. The van der Waals surface area contributed by atoms with E-state index in [1.807, 2.05) is 0 Å². The molecule has 0 spiro atoms. The number of rotatable bonds is 2. The molecular formula is C9H17BrN4. The Balaban J connectivity index is 0.000000980. The van der Waals surface area contributed by atoms with E-state index < -0.39 is 0 Å². The fourth-order valence-corrected chi connectivity index (χ4v) is 1.78. The molecule has 1 aliphatic heterocycles. The predicted molar refractivity (Wildman–Crippen MR) is 49.0 cm³/mol. The van der Waals surface area contributed by atoms with Gasteiger partial charge in [-0.25, -0.2) is 9.67 Å². The van der Waals surface area contributed by atoms with Crippen LogP contribution in [0.25, 0.3) is 0 Å². The van der Waals surface area contributed by atoms with Crippen LogP contribution in [-0.4, -0.2) is 21.3 Å². The first kappa shape index (κ1) is 11.7.